The number of carbonyl (C=O) groups excluding carboxylic acids is 1. The highest BCUT2D eigenvalue weighted by molar-refractivity contribution is 7.92. The fraction of sp³-hybridized carbons (Fsp3) is 0.435. The Morgan fingerprint density at radius 3 is 2.52 bits per heavy atom. The van der Waals surface area contributed by atoms with Crippen LogP contribution in [0.5, 0.6) is 0 Å². The van der Waals surface area contributed by atoms with Crippen molar-refractivity contribution in [2.45, 2.75) is 32.4 Å². The van der Waals surface area contributed by atoms with Crippen LogP contribution in [0, 0.1) is 5.82 Å². The average molecular weight is 446 g/mol. The molecule has 1 amide bonds. The lowest BCUT2D eigenvalue weighted by molar-refractivity contribution is 0.0761. The highest BCUT2D eigenvalue weighted by Crippen LogP contribution is 2.35. The first kappa shape index (κ1) is 21.8. The second kappa shape index (κ2) is 8.59. The number of fused-ring (bicyclic) bond motifs is 1. The molecule has 0 N–H and O–H groups in total. The van der Waals surface area contributed by atoms with Gasteiger partial charge in [0, 0.05) is 44.3 Å². The van der Waals surface area contributed by atoms with Crippen molar-refractivity contribution in [1.29, 1.82) is 0 Å². The molecule has 166 valence electrons. The standard InChI is InChI=1S/C23H28FN3O3S/c1-17-14-20-15-19(6-9-22(20)27(17)31(2,29)30)23(28)26-11-3-10-25(12-13-26)16-18-4-7-21(24)8-5-18/h4-9,15,17H,3,10-14,16H2,1-2H3. The lowest BCUT2D eigenvalue weighted by Crippen LogP contribution is -2.35. The zero-order chi connectivity index (χ0) is 22.2. The summed E-state index contributed by atoms with van der Waals surface area (Å²) in [5, 5.41) is 0. The number of anilines is 1. The van der Waals surface area contributed by atoms with Gasteiger partial charge in [-0.05, 0) is 61.2 Å². The van der Waals surface area contributed by atoms with Crippen molar-refractivity contribution in [2.24, 2.45) is 0 Å². The molecular formula is C23H28FN3O3S. The number of halogens is 1. The molecule has 1 saturated heterocycles. The number of sulfonamides is 1. The average Bonchev–Trinajstić information content (AvgIpc) is 2.89. The van der Waals surface area contributed by atoms with Gasteiger partial charge in [-0.25, -0.2) is 12.8 Å². The Labute approximate surface area is 183 Å². The third kappa shape index (κ3) is 4.75. The smallest absolute Gasteiger partial charge is 0.253 e. The Hall–Kier alpha value is -2.45. The molecule has 1 fully saturated rings. The number of amides is 1. The van der Waals surface area contributed by atoms with Gasteiger partial charge in [0.05, 0.1) is 11.9 Å². The fourth-order valence-corrected chi connectivity index (χ4v) is 5.87. The van der Waals surface area contributed by atoms with Crippen LogP contribution in [0.25, 0.3) is 0 Å². The minimum atomic E-state index is -3.35. The van der Waals surface area contributed by atoms with E-state index < -0.39 is 10.0 Å². The van der Waals surface area contributed by atoms with Crippen LogP contribution in [0.15, 0.2) is 42.5 Å². The Kier molecular flexibility index (Phi) is 6.03. The van der Waals surface area contributed by atoms with E-state index in [0.717, 1.165) is 37.2 Å². The molecule has 6 nitrogen and oxygen atoms in total. The molecule has 2 heterocycles. The van der Waals surface area contributed by atoms with E-state index in [4.69, 9.17) is 0 Å². The zero-order valence-electron chi connectivity index (χ0n) is 17.9. The quantitative estimate of drug-likeness (QED) is 0.726. The molecule has 0 aliphatic carbocycles. The van der Waals surface area contributed by atoms with E-state index >= 15 is 0 Å². The van der Waals surface area contributed by atoms with Crippen LogP contribution in [-0.2, 0) is 23.0 Å². The van der Waals surface area contributed by atoms with E-state index in [1.165, 1.54) is 22.7 Å². The molecule has 8 heteroatoms. The summed E-state index contributed by atoms with van der Waals surface area (Å²) in [6, 6.07) is 11.7. The van der Waals surface area contributed by atoms with Crippen LogP contribution in [0.4, 0.5) is 10.1 Å². The SMILES string of the molecule is CC1Cc2cc(C(=O)N3CCCN(Cc4ccc(F)cc4)CC3)ccc2N1S(C)(=O)=O. The number of hydrogen-bond acceptors (Lipinski definition) is 4. The minimum absolute atomic E-state index is 0.0168. The maximum atomic E-state index is 13.1. The van der Waals surface area contributed by atoms with E-state index in [9.17, 15) is 17.6 Å². The normalized spacial score (nSPS) is 19.9. The van der Waals surface area contributed by atoms with Gasteiger partial charge in [0.25, 0.3) is 5.91 Å². The van der Waals surface area contributed by atoms with Gasteiger partial charge in [-0.15, -0.1) is 0 Å². The van der Waals surface area contributed by atoms with Gasteiger partial charge in [-0.3, -0.25) is 14.0 Å². The number of nitrogens with zero attached hydrogens (tertiary/aromatic N) is 3. The first-order valence-corrected chi connectivity index (χ1v) is 12.5. The van der Waals surface area contributed by atoms with Crippen molar-refractivity contribution in [2.75, 3.05) is 36.7 Å². The number of benzene rings is 2. The summed E-state index contributed by atoms with van der Waals surface area (Å²) >= 11 is 0. The third-order valence-corrected chi connectivity index (χ3v) is 7.30. The predicted molar refractivity (Wildman–Crippen MR) is 119 cm³/mol. The van der Waals surface area contributed by atoms with Gasteiger partial charge in [0.1, 0.15) is 5.82 Å². The summed E-state index contributed by atoms with van der Waals surface area (Å²) in [5.74, 6) is -0.253. The largest absolute Gasteiger partial charge is 0.337 e. The van der Waals surface area contributed by atoms with Gasteiger partial charge in [0.15, 0.2) is 0 Å². The van der Waals surface area contributed by atoms with Crippen molar-refractivity contribution in [3.63, 3.8) is 0 Å². The molecule has 2 aromatic carbocycles. The first-order valence-electron chi connectivity index (χ1n) is 10.6. The molecule has 31 heavy (non-hydrogen) atoms. The van der Waals surface area contributed by atoms with Crippen LogP contribution >= 0.6 is 0 Å². The lowest BCUT2D eigenvalue weighted by Gasteiger charge is -2.23. The van der Waals surface area contributed by atoms with Crippen LogP contribution in [0.3, 0.4) is 0 Å². The second-order valence-corrected chi connectivity index (χ2v) is 10.4. The summed E-state index contributed by atoms with van der Waals surface area (Å²) in [6.07, 6.45) is 2.69. The number of rotatable bonds is 4. The maximum absolute atomic E-state index is 13.1. The molecule has 1 unspecified atom stereocenters. The zero-order valence-corrected chi connectivity index (χ0v) is 18.7. The van der Waals surface area contributed by atoms with Gasteiger partial charge in [-0.2, -0.15) is 0 Å². The Balaban J connectivity index is 1.43. The molecule has 0 bridgehead atoms. The molecule has 0 spiro atoms. The van der Waals surface area contributed by atoms with Crippen molar-refractivity contribution in [3.8, 4) is 0 Å². The molecule has 0 aromatic heterocycles. The third-order valence-electron chi connectivity index (χ3n) is 6.03. The molecule has 2 aromatic rings. The topological polar surface area (TPSA) is 60.9 Å². The first-order chi connectivity index (χ1) is 14.7. The van der Waals surface area contributed by atoms with Crippen LogP contribution < -0.4 is 4.31 Å². The molecule has 2 aliphatic heterocycles. The van der Waals surface area contributed by atoms with Gasteiger partial charge in [0.2, 0.25) is 10.0 Å². The summed E-state index contributed by atoms with van der Waals surface area (Å²) in [4.78, 5) is 17.3. The fourth-order valence-electron chi connectivity index (χ4n) is 4.60. The monoisotopic (exact) mass is 445 g/mol. The van der Waals surface area contributed by atoms with E-state index in [2.05, 4.69) is 4.90 Å². The van der Waals surface area contributed by atoms with Crippen molar-refractivity contribution in [1.82, 2.24) is 9.80 Å². The van der Waals surface area contributed by atoms with Crippen LogP contribution in [0.1, 0.15) is 34.8 Å². The number of hydrogen-bond donors (Lipinski definition) is 0. The lowest BCUT2D eigenvalue weighted by atomic mass is 10.1. The Morgan fingerprint density at radius 2 is 1.81 bits per heavy atom. The summed E-state index contributed by atoms with van der Waals surface area (Å²) < 4.78 is 38.8. The Bertz CT molecular complexity index is 1070. The highest BCUT2D eigenvalue weighted by Gasteiger charge is 2.33. The molecule has 1 atom stereocenters. The molecule has 0 radical (unpaired) electrons. The molecule has 0 saturated carbocycles. The van der Waals surface area contributed by atoms with E-state index in [-0.39, 0.29) is 17.8 Å². The van der Waals surface area contributed by atoms with Crippen LogP contribution in [-0.4, -0.2) is 62.6 Å². The van der Waals surface area contributed by atoms with E-state index in [1.54, 1.807) is 24.3 Å². The highest BCUT2D eigenvalue weighted by atomic mass is 32.2. The summed E-state index contributed by atoms with van der Waals surface area (Å²) in [6.45, 7) is 5.57. The van der Waals surface area contributed by atoms with Gasteiger partial charge in [-0.1, -0.05) is 12.1 Å². The van der Waals surface area contributed by atoms with E-state index in [0.29, 0.717) is 30.8 Å². The Morgan fingerprint density at radius 1 is 1.06 bits per heavy atom. The minimum Gasteiger partial charge on any atom is -0.337 e. The van der Waals surface area contributed by atoms with Gasteiger partial charge < -0.3 is 4.90 Å². The number of carbonyl (C=O) groups is 1. The van der Waals surface area contributed by atoms with E-state index in [1.807, 2.05) is 17.9 Å². The van der Waals surface area contributed by atoms with Crippen molar-refractivity contribution >= 4 is 21.6 Å². The van der Waals surface area contributed by atoms with Crippen LogP contribution in [0.2, 0.25) is 0 Å². The summed E-state index contributed by atoms with van der Waals surface area (Å²) in [5.41, 5.74) is 3.24. The molecule has 2 aliphatic rings. The molecule has 4 rings (SSSR count). The summed E-state index contributed by atoms with van der Waals surface area (Å²) in [7, 11) is -3.35. The molecular weight excluding hydrogens is 417 g/mol. The van der Waals surface area contributed by atoms with Crippen molar-refractivity contribution < 1.29 is 17.6 Å². The van der Waals surface area contributed by atoms with Gasteiger partial charge >= 0.3 is 0 Å². The predicted octanol–water partition coefficient (Wildman–Crippen LogP) is 2.88. The second-order valence-electron chi connectivity index (χ2n) is 8.50. The van der Waals surface area contributed by atoms with Crippen molar-refractivity contribution in [3.05, 3.63) is 65.0 Å². The maximum Gasteiger partial charge on any atom is 0.253 e.